The molecule has 349 valence electrons. The van der Waals surface area contributed by atoms with E-state index in [1.54, 1.807) is 48.5 Å². The van der Waals surface area contributed by atoms with E-state index < -0.39 is 0 Å². The summed E-state index contributed by atoms with van der Waals surface area (Å²) in [7, 11) is 1.86. The normalized spacial score (nSPS) is 13.8. The van der Waals surface area contributed by atoms with E-state index in [2.05, 4.69) is 27.8 Å². The van der Waals surface area contributed by atoms with Crippen LogP contribution in [0.2, 0.25) is 0 Å². The molecule has 0 atom stereocenters. The number of piperidine rings is 2. The van der Waals surface area contributed by atoms with Gasteiger partial charge >= 0.3 is 0 Å². The summed E-state index contributed by atoms with van der Waals surface area (Å²) >= 11 is 0. The molecule has 0 bridgehead atoms. The summed E-state index contributed by atoms with van der Waals surface area (Å²) in [6.45, 7) is 10.3. The SMILES string of the molecule is CCN1CCC(Oc2cccc(CNC(=O)c3ccc(Oc4ccccc4)cc3)c2)CC1.CP=[SH-]=N.O=C(NCc1cccc(OC2CCNCC2)c1)c1ccc(Oc2ccccc2)cc1.[B]. The number of amides is 2. The highest BCUT2D eigenvalue weighted by Crippen LogP contribution is 2.24. The standard InChI is InChI=1S/C27H30N2O3.C25H26N2O3.CH5NPS.B/c1-2-29-17-15-25(16-18-29)32-26-10-6-7-21(19-26)20-28-27(30)22-11-13-24(14-12-22)31-23-8-4-3-5-9-23;28-25(20-9-11-22(12-10-20)29-21-6-2-1-3-7-21)27-18-19-5-4-8-24(17-19)30-23-13-15-26-16-14-23;1-3-4-2;/h3-14,19,25H,2,15-18,20H2,1H3,(H,28,30);1-12,17,23,26H,13-16,18H2,(H,27,28);2,4H,1H3;/q;;-1;. The van der Waals surface area contributed by atoms with Crippen molar-refractivity contribution in [2.24, 2.45) is 0 Å². The van der Waals surface area contributed by atoms with Crippen LogP contribution in [0.1, 0.15) is 64.4 Å². The first-order chi connectivity index (χ1) is 32.4. The minimum atomic E-state index is -0.120. The Labute approximate surface area is 402 Å². The molecular formula is C53H61BN5O6PS-. The maximum absolute atomic E-state index is 12.6. The van der Waals surface area contributed by atoms with Gasteiger partial charge < -0.3 is 55.3 Å². The van der Waals surface area contributed by atoms with Gasteiger partial charge in [0.15, 0.2) is 0 Å². The lowest BCUT2D eigenvalue weighted by molar-refractivity contribution is 0.0942. The molecule has 4 N–H and O–H groups in total. The van der Waals surface area contributed by atoms with E-state index >= 15 is 0 Å². The van der Waals surface area contributed by atoms with E-state index in [1.165, 1.54) is 0 Å². The molecule has 2 amide bonds. The Morgan fingerprint density at radius 3 is 1.39 bits per heavy atom. The molecule has 2 aliphatic rings. The highest BCUT2D eigenvalue weighted by Gasteiger charge is 2.20. The van der Waals surface area contributed by atoms with Crippen LogP contribution in [0.3, 0.4) is 0 Å². The van der Waals surface area contributed by atoms with E-state index in [-0.39, 0.29) is 32.4 Å². The predicted molar refractivity (Wildman–Crippen MR) is 274 cm³/mol. The zero-order valence-corrected chi connectivity index (χ0v) is 40.1. The number of carbonyl (C=O) groups excluding carboxylic acids is 2. The maximum Gasteiger partial charge on any atom is 0.251 e. The van der Waals surface area contributed by atoms with Crippen LogP contribution in [0.25, 0.3) is 0 Å². The van der Waals surface area contributed by atoms with E-state index in [1.807, 2.05) is 116 Å². The lowest BCUT2D eigenvalue weighted by Crippen LogP contribution is -2.38. The molecule has 2 saturated heterocycles. The second-order valence-corrected chi connectivity index (χ2v) is 18.1. The van der Waals surface area contributed by atoms with Crippen LogP contribution < -0.4 is 34.9 Å². The first-order valence-electron chi connectivity index (χ1n) is 22.5. The van der Waals surface area contributed by atoms with Crippen molar-refractivity contribution in [3.63, 3.8) is 0 Å². The third kappa shape index (κ3) is 18.2. The average Bonchev–Trinajstić information content (AvgIpc) is 3.37. The van der Waals surface area contributed by atoms with Gasteiger partial charge in [-0.3, -0.25) is 16.9 Å². The monoisotopic (exact) mass is 937 g/mol. The molecular weight excluding hydrogens is 876 g/mol. The first kappa shape index (κ1) is 51.9. The zero-order valence-electron chi connectivity index (χ0n) is 38.3. The predicted octanol–water partition coefficient (Wildman–Crippen LogP) is 10.5. The van der Waals surface area contributed by atoms with Gasteiger partial charge in [-0.25, -0.2) is 0 Å². The molecule has 14 heteroatoms. The number of nitrogens with one attached hydrogen (secondary N) is 4. The van der Waals surface area contributed by atoms with Crippen LogP contribution in [0.15, 0.2) is 158 Å². The number of nitrogens with zero attached hydrogens (tertiary/aromatic N) is 1. The summed E-state index contributed by atoms with van der Waals surface area (Å²) in [5.74, 6) is 4.41. The first-order valence-corrected chi connectivity index (χ1v) is 25.4. The Kier molecular flexibility index (Phi) is 22.3. The average molecular weight is 938 g/mol. The summed E-state index contributed by atoms with van der Waals surface area (Å²) in [5, 5.41) is 9.30. The van der Waals surface area contributed by atoms with Crippen LogP contribution in [0, 0.1) is 4.78 Å². The molecule has 6 aromatic rings. The third-order valence-electron chi connectivity index (χ3n) is 10.9. The van der Waals surface area contributed by atoms with Crippen molar-refractivity contribution in [1.82, 2.24) is 20.9 Å². The molecule has 2 fully saturated rings. The number of rotatable bonds is 15. The van der Waals surface area contributed by atoms with Gasteiger partial charge in [-0.05, 0) is 160 Å². The summed E-state index contributed by atoms with van der Waals surface area (Å²) < 4.78 is 30.2. The van der Waals surface area contributed by atoms with Crippen molar-refractivity contribution in [2.45, 2.75) is 57.9 Å². The lowest BCUT2D eigenvalue weighted by atomic mass is 10.1. The Balaban J connectivity index is 0.000000230. The smallest absolute Gasteiger partial charge is 0.251 e. The van der Waals surface area contributed by atoms with Crippen LogP contribution in [-0.4, -0.2) is 76.7 Å². The molecule has 6 aromatic carbocycles. The topological polar surface area (TPSA) is 134 Å². The van der Waals surface area contributed by atoms with E-state index in [9.17, 15) is 9.59 Å². The van der Waals surface area contributed by atoms with Gasteiger partial charge in [-0.2, -0.15) is 0 Å². The summed E-state index contributed by atoms with van der Waals surface area (Å²) in [4.78, 5) is 27.5. The number of para-hydroxylation sites is 2. The molecule has 2 aliphatic heterocycles. The Bertz CT molecular complexity index is 2430. The number of benzene rings is 6. The third-order valence-corrected chi connectivity index (χ3v) is 11.7. The van der Waals surface area contributed by atoms with E-state index in [0.717, 1.165) is 111 Å². The number of hydrogen-bond acceptors (Lipinski definition) is 10. The van der Waals surface area contributed by atoms with Crippen LogP contribution in [0.5, 0.6) is 34.5 Å². The van der Waals surface area contributed by atoms with Crippen molar-refractivity contribution in [3.05, 3.63) is 180 Å². The van der Waals surface area contributed by atoms with Crippen molar-refractivity contribution >= 4 is 38.3 Å². The summed E-state index contributed by atoms with van der Waals surface area (Å²) in [5.41, 5.74) is 3.22. The molecule has 8 rings (SSSR count). The minimum Gasteiger partial charge on any atom is -0.490 e. The van der Waals surface area contributed by atoms with E-state index in [4.69, 9.17) is 23.7 Å². The highest BCUT2D eigenvalue weighted by molar-refractivity contribution is 8.00. The van der Waals surface area contributed by atoms with Crippen LogP contribution in [0.4, 0.5) is 0 Å². The number of hydrogen-bond donors (Lipinski definition) is 4. The number of thiol groups is 1. The summed E-state index contributed by atoms with van der Waals surface area (Å²) in [6, 6.07) is 49.4. The molecule has 0 spiro atoms. The Hall–Kier alpha value is -6.11. The van der Waals surface area contributed by atoms with Gasteiger partial charge in [-0.15, -0.1) is 0 Å². The van der Waals surface area contributed by atoms with Crippen molar-refractivity contribution in [1.29, 1.82) is 4.78 Å². The molecule has 3 radical (unpaired) electrons. The highest BCUT2D eigenvalue weighted by atomic mass is 32.4. The largest absolute Gasteiger partial charge is 0.490 e. The van der Waals surface area contributed by atoms with Gasteiger partial charge in [0.05, 0.1) is 0 Å². The number of likely N-dealkylation sites (tertiary alicyclic amines) is 1. The van der Waals surface area contributed by atoms with Gasteiger partial charge in [-0.1, -0.05) is 67.6 Å². The Morgan fingerprint density at radius 1 is 0.597 bits per heavy atom. The van der Waals surface area contributed by atoms with Crippen molar-refractivity contribution < 1.29 is 28.5 Å². The Morgan fingerprint density at radius 2 is 0.985 bits per heavy atom. The molecule has 0 saturated carbocycles. The molecule has 2 heterocycles. The second-order valence-electron chi connectivity index (χ2n) is 15.7. The number of carbonyl (C=O) groups is 2. The molecule has 67 heavy (non-hydrogen) atoms. The van der Waals surface area contributed by atoms with Crippen molar-refractivity contribution in [2.75, 3.05) is 39.4 Å². The fraction of sp³-hybridized carbons (Fsp3) is 0.283. The van der Waals surface area contributed by atoms with Gasteiger partial charge in [0.1, 0.15) is 46.7 Å². The summed E-state index contributed by atoms with van der Waals surface area (Å²) in [6.07, 6.45) is 4.67. The zero-order chi connectivity index (χ0) is 46.2. The van der Waals surface area contributed by atoms with Gasteiger partial charge in [0, 0.05) is 45.7 Å². The van der Waals surface area contributed by atoms with Crippen LogP contribution in [-0.2, 0) is 23.8 Å². The molecule has 0 aliphatic carbocycles. The van der Waals surface area contributed by atoms with Gasteiger partial charge in [0.25, 0.3) is 11.8 Å². The molecule has 0 unspecified atom stereocenters. The molecule has 11 nitrogen and oxygen atoms in total. The van der Waals surface area contributed by atoms with Crippen LogP contribution >= 0.6 is 7.36 Å². The molecule has 0 aromatic heterocycles. The van der Waals surface area contributed by atoms with E-state index in [0.29, 0.717) is 35.7 Å². The number of ether oxygens (including phenoxy) is 4. The quantitative estimate of drug-likeness (QED) is 0.0346. The minimum absolute atomic E-state index is 0. The fourth-order valence-electron chi connectivity index (χ4n) is 7.27. The lowest BCUT2D eigenvalue weighted by Gasteiger charge is -2.31. The van der Waals surface area contributed by atoms with Crippen molar-refractivity contribution in [3.8, 4) is 34.5 Å². The fourth-order valence-corrected chi connectivity index (χ4v) is 7.27. The maximum atomic E-state index is 12.6. The second kappa shape index (κ2) is 28.8. The van der Waals surface area contributed by atoms with Gasteiger partial charge in [0.2, 0.25) is 0 Å².